The average molecular weight is 416 g/mol. The Morgan fingerprint density at radius 2 is 1.67 bits per heavy atom. The van der Waals surface area contributed by atoms with Crippen molar-refractivity contribution in [2.24, 2.45) is 0 Å². The maximum Gasteiger partial charge on any atom is 0.331 e. The van der Waals surface area contributed by atoms with Gasteiger partial charge in [0.15, 0.2) is 0 Å². The molecule has 1 aliphatic heterocycles. The van der Waals surface area contributed by atoms with Crippen LogP contribution in [0.2, 0.25) is 0 Å². The lowest BCUT2D eigenvalue weighted by Gasteiger charge is -2.39. The quantitative estimate of drug-likeness (QED) is 0.382. The number of para-hydroxylation sites is 1. The number of carbonyl (C=O) groups is 1. The topological polar surface area (TPSA) is 126 Å². The number of hydrogen-bond acceptors (Lipinski definition) is 8. The van der Waals surface area contributed by atoms with Gasteiger partial charge in [-0.15, -0.1) is 0 Å². The molecule has 8 nitrogen and oxygen atoms in total. The summed E-state index contributed by atoms with van der Waals surface area (Å²) in [5.41, 5.74) is 1.37. The largest absolute Gasteiger partial charge is 0.462 e. The number of aliphatic hydroxyl groups excluding tert-OH is 4. The van der Waals surface area contributed by atoms with E-state index in [4.69, 9.17) is 14.2 Å². The molecule has 1 heterocycles. The molecule has 0 bridgehead atoms. The van der Waals surface area contributed by atoms with E-state index in [1.165, 1.54) is 6.08 Å². The molecule has 0 unspecified atom stereocenters. The maximum absolute atomic E-state index is 12.0. The van der Waals surface area contributed by atoms with Crippen LogP contribution in [0.15, 0.2) is 60.7 Å². The molecule has 0 saturated carbocycles. The van der Waals surface area contributed by atoms with Gasteiger partial charge in [0, 0.05) is 11.6 Å². The zero-order chi connectivity index (χ0) is 21.5. The summed E-state index contributed by atoms with van der Waals surface area (Å²) < 4.78 is 16.2. The second-order valence-corrected chi connectivity index (χ2v) is 6.77. The number of benzene rings is 2. The summed E-state index contributed by atoms with van der Waals surface area (Å²) in [6.07, 6.45) is -4.01. The molecule has 160 valence electrons. The van der Waals surface area contributed by atoms with Crippen molar-refractivity contribution in [2.75, 3.05) is 6.61 Å². The van der Waals surface area contributed by atoms with Gasteiger partial charge in [-0.3, -0.25) is 0 Å². The van der Waals surface area contributed by atoms with E-state index in [1.54, 1.807) is 30.3 Å². The molecule has 2 aromatic carbocycles. The molecule has 4 N–H and O–H groups in total. The number of hydrogen-bond donors (Lipinski definition) is 4. The van der Waals surface area contributed by atoms with Gasteiger partial charge in [-0.2, -0.15) is 0 Å². The molecule has 1 fully saturated rings. The van der Waals surface area contributed by atoms with Crippen LogP contribution in [0.4, 0.5) is 0 Å². The average Bonchev–Trinajstić information content (AvgIpc) is 2.78. The Morgan fingerprint density at radius 3 is 2.40 bits per heavy atom. The second kappa shape index (κ2) is 10.3. The molecular formula is C22H24O8. The van der Waals surface area contributed by atoms with Gasteiger partial charge < -0.3 is 34.6 Å². The van der Waals surface area contributed by atoms with Crippen LogP contribution in [0.3, 0.4) is 0 Å². The third-order valence-electron chi connectivity index (χ3n) is 4.65. The predicted molar refractivity (Wildman–Crippen MR) is 106 cm³/mol. The molecule has 3 rings (SSSR count). The Balaban J connectivity index is 1.63. The fourth-order valence-corrected chi connectivity index (χ4v) is 2.95. The lowest BCUT2D eigenvalue weighted by Crippen LogP contribution is -2.60. The minimum Gasteiger partial charge on any atom is -0.462 e. The molecule has 0 aliphatic carbocycles. The van der Waals surface area contributed by atoms with Gasteiger partial charge >= 0.3 is 5.97 Å². The van der Waals surface area contributed by atoms with Crippen LogP contribution in [0.5, 0.6) is 5.75 Å². The lowest BCUT2D eigenvalue weighted by atomic mass is 9.99. The van der Waals surface area contributed by atoms with Gasteiger partial charge in [0.2, 0.25) is 6.29 Å². The summed E-state index contributed by atoms with van der Waals surface area (Å²) in [7, 11) is 0. The first kappa shape index (κ1) is 21.9. The Bertz CT molecular complexity index is 851. The van der Waals surface area contributed by atoms with Crippen LogP contribution in [-0.4, -0.2) is 63.7 Å². The van der Waals surface area contributed by atoms with E-state index in [2.05, 4.69) is 0 Å². The van der Waals surface area contributed by atoms with Crippen molar-refractivity contribution in [2.45, 2.75) is 37.3 Å². The minimum atomic E-state index is -1.55. The number of carbonyl (C=O) groups excluding carboxylic acids is 1. The van der Waals surface area contributed by atoms with Gasteiger partial charge in [0.05, 0.1) is 6.61 Å². The summed E-state index contributed by atoms with van der Waals surface area (Å²) in [5, 5.41) is 39.2. The van der Waals surface area contributed by atoms with Gasteiger partial charge in [0.25, 0.3) is 0 Å². The number of ether oxygens (including phenoxy) is 3. The van der Waals surface area contributed by atoms with Crippen molar-refractivity contribution in [1.29, 1.82) is 0 Å². The van der Waals surface area contributed by atoms with E-state index in [0.717, 1.165) is 5.56 Å². The molecule has 1 saturated heterocycles. The number of esters is 1. The Hall–Kier alpha value is -2.75. The number of aliphatic hydroxyl groups is 4. The maximum atomic E-state index is 12.0. The monoisotopic (exact) mass is 416 g/mol. The Kier molecular flexibility index (Phi) is 7.56. The minimum absolute atomic E-state index is 0.0917. The van der Waals surface area contributed by atoms with Crippen LogP contribution >= 0.6 is 0 Å². The van der Waals surface area contributed by atoms with E-state index >= 15 is 0 Å². The van der Waals surface area contributed by atoms with Gasteiger partial charge in [-0.05, 0) is 17.7 Å². The van der Waals surface area contributed by atoms with Crippen LogP contribution < -0.4 is 4.74 Å². The Labute approximate surface area is 173 Å². The van der Waals surface area contributed by atoms with Gasteiger partial charge in [-0.25, -0.2) is 4.79 Å². The summed E-state index contributed by atoms with van der Waals surface area (Å²) in [5.74, 6) is -0.275. The van der Waals surface area contributed by atoms with Crippen molar-refractivity contribution in [3.63, 3.8) is 0 Å². The van der Waals surface area contributed by atoms with Crippen LogP contribution in [0.25, 0.3) is 6.08 Å². The van der Waals surface area contributed by atoms with Gasteiger partial charge in [0.1, 0.15) is 36.8 Å². The molecule has 1 aliphatic rings. The zero-order valence-corrected chi connectivity index (χ0v) is 16.1. The van der Waals surface area contributed by atoms with Crippen LogP contribution in [0.1, 0.15) is 11.1 Å². The van der Waals surface area contributed by atoms with Crippen molar-refractivity contribution in [3.8, 4) is 5.75 Å². The fraction of sp³-hybridized carbons (Fsp3) is 0.318. The number of rotatable bonds is 7. The molecule has 0 aromatic heterocycles. The molecule has 0 amide bonds. The van der Waals surface area contributed by atoms with Crippen LogP contribution in [-0.2, 0) is 20.9 Å². The zero-order valence-electron chi connectivity index (χ0n) is 16.1. The second-order valence-electron chi connectivity index (χ2n) is 6.77. The molecular weight excluding hydrogens is 392 g/mol. The normalized spacial score (nSPS) is 26.5. The van der Waals surface area contributed by atoms with Crippen molar-refractivity contribution in [1.82, 2.24) is 0 Å². The molecule has 0 radical (unpaired) electrons. The summed E-state index contributed by atoms with van der Waals surface area (Å²) >= 11 is 0. The smallest absolute Gasteiger partial charge is 0.331 e. The van der Waals surface area contributed by atoms with Crippen molar-refractivity contribution >= 4 is 12.0 Å². The van der Waals surface area contributed by atoms with Crippen LogP contribution in [0, 0.1) is 0 Å². The Morgan fingerprint density at radius 1 is 0.967 bits per heavy atom. The first-order valence-corrected chi connectivity index (χ1v) is 9.44. The molecule has 2 aromatic rings. The standard InChI is InChI=1S/C22H24O8/c23-12-17-19(25)20(26)21(27)22(30-17)29-16-9-5-4-8-15(16)13-28-18(24)11-10-14-6-2-1-3-7-14/h1-11,17,19-23,25-27H,12-13H2/b11-10+/t17-,19-,20+,21-,22-/m1/s1. The summed E-state index contributed by atoms with van der Waals surface area (Å²) in [6, 6.07) is 16.0. The molecule has 0 spiro atoms. The highest BCUT2D eigenvalue weighted by Crippen LogP contribution is 2.27. The fourth-order valence-electron chi connectivity index (χ4n) is 2.95. The first-order chi connectivity index (χ1) is 14.5. The molecule has 30 heavy (non-hydrogen) atoms. The highest BCUT2D eigenvalue weighted by Gasteiger charge is 2.44. The first-order valence-electron chi connectivity index (χ1n) is 9.44. The summed E-state index contributed by atoms with van der Waals surface area (Å²) in [6.45, 7) is -0.649. The van der Waals surface area contributed by atoms with Crippen molar-refractivity contribution < 1.29 is 39.4 Å². The highest BCUT2D eigenvalue weighted by atomic mass is 16.7. The third-order valence-corrected chi connectivity index (χ3v) is 4.65. The molecule has 5 atom stereocenters. The van der Waals surface area contributed by atoms with Gasteiger partial charge in [-0.1, -0.05) is 48.5 Å². The van der Waals surface area contributed by atoms with E-state index in [0.29, 0.717) is 5.56 Å². The highest BCUT2D eigenvalue weighted by molar-refractivity contribution is 5.87. The third kappa shape index (κ3) is 5.44. The SMILES string of the molecule is O=C(/C=C/c1ccccc1)OCc1ccccc1O[C@@H]1O[C@H](CO)[C@@H](O)[C@H](O)[C@H]1O. The molecule has 8 heteroatoms. The summed E-state index contributed by atoms with van der Waals surface area (Å²) in [4.78, 5) is 12.0. The lowest BCUT2D eigenvalue weighted by molar-refractivity contribution is -0.277. The van der Waals surface area contributed by atoms with E-state index in [-0.39, 0.29) is 12.4 Å². The van der Waals surface area contributed by atoms with Crippen molar-refractivity contribution in [3.05, 3.63) is 71.8 Å². The predicted octanol–water partition coefficient (Wildman–Crippen LogP) is 0.622. The van der Waals surface area contributed by atoms with E-state index in [9.17, 15) is 25.2 Å². The van der Waals surface area contributed by atoms with E-state index < -0.39 is 43.3 Å². The van der Waals surface area contributed by atoms with E-state index in [1.807, 2.05) is 30.3 Å².